The third-order valence-corrected chi connectivity index (χ3v) is 10.0. The van der Waals surface area contributed by atoms with Crippen LogP contribution in [0.4, 0.5) is 26.3 Å². The van der Waals surface area contributed by atoms with Crippen molar-refractivity contribution in [2.45, 2.75) is 30.9 Å². The lowest BCUT2D eigenvalue weighted by Gasteiger charge is -2.41. The quantitative estimate of drug-likeness (QED) is 0.538. The monoisotopic (exact) mass is 360 g/mol. The van der Waals surface area contributed by atoms with Crippen LogP contribution in [0.3, 0.4) is 0 Å². The van der Waals surface area contributed by atoms with E-state index in [0.29, 0.717) is 0 Å². The van der Waals surface area contributed by atoms with Gasteiger partial charge in [0.2, 0.25) is 0 Å². The summed E-state index contributed by atoms with van der Waals surface area (Å²) in [5.41, 5.74) is -1.41. The fourth-order valence-corrected chi connectivity index (χ4v) is 7.39. The third kappa shape index (κ3) is 2.97. The molecule has 0 bridgehead atoms. The number of halogens is 6. The minimum Gasteiger partial charge on any atom is -0.166 e. The van der Waals surface area contributed by atoms with Gasteiger partial charge < -0.3 is 0 Å². The Bertz CT molecular complexity index is 649. The van der Waals surface area contributed by atoms with E-state index >= 15 is 0 Å². The second-order valence-corrected chi connectivity index (χ2v) is 10.4. The summed E-state index contributed by atoms with van der Waals surface area (Å²) in [6.45, 7) is 0. The number of rotatable bonds is 2. The molecule has 7 heteroatoms. The van der Waals surface area contributed by atoms with E-state index in [0.717, 1.165) is 53.1 Å². The van der Waals surface area contributed by atoms with Crippen molar-refractivity contribution in [1.29, 1.82) is 0 Å². The molecule has 0 amide bonds. The summed E-state index contributed by atoms with van der Waals surface area (Å²) in [4.78, 5) is 0. The second kappa shape index (κ2) is 5.65. The lowest BCUT2D eigenvalue weighted by molar-refractivity contribution is -0.138. The van der Waals surface area contributed by atoms with E-state index < -0.39 is 31.6 Å². The third-order valence-electron chi connectivity index (χ3n) is 4.74. The van der Waals surface area contributed by atoms with Crippen molar-refractivity contribution >= 4 is 18.4 Å². The Kier molecular flexibility index (Phi) is 4.02. The smallest absolute Gasteiger partial charge is 0.166 e. The van der Waals surface area contributed by atoms with Crippen molar-refractivity contribution in [3.8, 4) is 0 Å². The first-order chi connectivity index (χ1) is 11.1. The zero-order valence-electron chi connectivity index (χ0n) is 12.5. The van der Waals surface area contributed by atoms with Gasteiger partial charge >= 0.3 is 12.4 Å². The molecule has 1 heterocycles. The molecular weight excluding hydrogens is 346 g/mol. The lowest BCUT2D eigenvalue weighted by atomic mass is 10.2. The molecule has 3 rings (SSSR count). The van der Waals surface area contributed by atoms with E-state index in [9.17, 15) is 26.3 Å². The van der Waals surface area contributed by atoms with Crippen molar-refractivity contribution in [1.82, 2.24) is 0 Å². The molecule has 2 aromatic carbocycles. The SMILES string of the molecule is FC(F)(F)c1ccc([Si]2(c3ccc(C(F)(F)F)cc3)CCC2)cc1. The van der Waals surface area contributed by atoms with Gasteiger partial charge in [0.05, 0.1) is 11.1 Å². The minimum absolute atomic E-state index is 0.706. The fraction of sp³-hybridized carbons (Fsp3) is 0.294. The molecular formula is C17H14F6Si. The molecule has 2 aromatic rings. The maximum atomic E-state index is 12.7. The Morgan fingerprint density at radius 2 is 0.917 bits per heavy atom. The van der Waals surface area contributed by atoms with Gasteiger partial charge in [-0.1, -0.05) is 65.3 Å². The van der Waals surface area contributed by atoms with E-state index in [-0.39, 0.29) is 0 Å². The van der Waals surface area contributed by atoms with Gasteiger partial charge in [0.25, 0.3) is 0 Å². The minimum atomic E-state index is -4.39. The van der Waals surface area contributed by atoms with Crippen LogP contribution in [-0.2, 0) is 12.4 Å². The van der Waals surface area contributed by atoms with E-state index in [1.807, 2.05) is 0 Å². The number of alkyl halides is 6. The average Bonchev–Trinajstić information content (AvgIpc) is 2.45. The van der Waals surface area contributed by atoms with E-state index in [1.165, 1.54) is 24.3 Å². The van der Waals surface area contributed by atoms with Gasteiger partial charge in [-0.15, -0.1) is 0 Å². The number of hydrogen-bond acceptors (Lipinski definition) is 0. The van der Waals surface area contributed by atoms with Crippen LogP contribution < -0.4 is 10.4 Å². The van der Waals surface area contributed by atoms with Crippen molar-refractivity contribution in [2.24, 2.45) is 0 Å². The zero-order valence-corrected chi connectivity index (χ0v) is 13.5. The maximum absolute atomic E-state index is 12.7. The molecule has 0 atom stereocenters. The van der Waals surface area contributed by atoms with Gasteiger partial charge in [-0.05, 0) is 12.1 Å². The van der Waals surface area contributed by atoms with Crippen molar-refractivity contribution in [3.63, 3.8) is 0 Å². The first-order valence-electron chi connectivity index (χ1n) is 7.48. The zero-order chi connectivity index (χ0) is 17.6. The molecule has 0 nitrogen and oxygen atoms in total. The molecule has 1 fully saturated rings. The Morgan fingerprint density at radius 1 is 0.583 bits per heavy atom. The molecule has 0 saturated carbocycles. The van der Waals surface area contributed by atoms with E-state index in [2.05, 4.69) is 0 Å². The normalized spacial score (nSPS) is 17.4. The highest BCUT2D eigenvalue weighted by Crippen LogP contribution is 2.35. The average molecular weight is 360 g/mol. The molecule has 24 heavy (non-hydrogen) atoms. The molecule has 0 N–H and O–H groups in total. The predicted molar refractivity (Wildman–Crippen MR) is 82.1 cm³/mol. The highest BCUT2D eigenvalue weighted by Gasteiger charge is 2.43. The van der Waals surface area contributed by atoms with Crippen LogP contribution in [0.2, 0.25) is 12.1 Å². The molecule has 0 spiro atoms. The van der Waals surface area contributed by atoms with Gasteiger partial charge in [0.15, 0.2) is 0 Å². The molecule has 0 aliphatic carbocycles. The van der Waals surface area contributed by atoms with Crippen LogP contribution in [-0.4, -0.2) is 8.07 Å². The van der Waals surface area contributed by atoms with E-state index in [1.54, 1.807) is 0 Å². The molecule has 0 unspecified atom stereocenters. The van der Waals surface area contributed by atoms with E-state index in [4.69, 9.17) is 0 Å². The fourth-order valence-electron chi connectivity index (χ4n) is 3.23. The summed E-state index contributed by atoms with van der Waals surface area (Å²) >= 11 is 0. The van der Waals surface area contributed by atoms with Crippen molar-refractivity contribution < 1.29 is 26.3 Å². The molecule has 1 aliphatic rings. The van der Waals surface area contributed by atoms with Crippen LogP contribution >= 0.6 is 0 Å². The molecule has 1 saturated heterocycles. The highest BCUT2D eigenvalue weighted by atomic mass is 28.3. The van der Waals surface area contributed by atoms with Crippen LogP contribution in [0.25, 0.3) is 0 Å². The second-order valence-electron chi connectivity index (χ2n) is 6.09. The summed E-state index contributed by atoms with van der Waals surface area (Å²) in [5.74, 6) is 0. The van der Waals surface area contributed by atoms with Gasteiger partial charge in [-0.3, -0.25) is 0 Å². The van der Waals surface area contributed by atoms with Crippen molar-refractivity contribution in [3.05, 3.63) is 59.7 Å². The molecule has 128 valence electrons. The van der Waals surface area contributed by atoms with Gasteiger partial charge in [0, 0.05) is 0 Å². The Morgan fingerprint density at radius 3 is 1.12 bits per heavy atom. The summed E-state index contributed by atoms with van der Waals surface area (Å²) in [5, 5.41) is 1.70. The molecule has 1 aliphatic heterocycles. The summed E-state index contributed by atoms with van der Waals surface area (Å²) in [6.07, 6.45) is -7.82. The van der Waals surface area contributed by atoms with Crippen LogP contribution in [0, 0.1) is 0 Å². The first kappa shape index (κ1) is 17.1. The van der Waals surface area contributed by atoms with Crippen molar-refractivity contribution in [2.75, 3.05) is 0 Å². The van der Waals surface area contributed by atoms with Crippen LogP contribution in [0.5, 0.6) is 0 Å². The largest absolute Gasteiger partial charge is 0.416 e. The topological polar surface area (TPSA) is 0 Å². The highest BCUT2D eigenvalue weighted by molar-refractivity contribution is 7.04. The Labute approximate surface area is 136 Å². The first-order valence-corrected chi connectivity index (χ1v) is 9.90. The molecule has 0 radical (unpaired) electrons. The standard InChI is InChI=1S/C17H14F6Si/c18-16(19,20)12-2-6-14(7-3-12)24(10-1-11-24)15-8-4-13(5-9-15)17(21,22)23/h2-9H,1,10-11H2. The van der Waals surface area contributed by atoms with Crippen LogP contribution in [0.15, 0.2) is 48.5 Å². The summed E-state index contributed by atoms with van der Waals surface area (Å²) in [6, 6.07) is 11.9. The van der Waals surface area contributed by atoms with Crippen LogP contribution in [0.1, 0.15) is 17.5 Å². The Hall–Kier alpha value is -1.76. The van der Waals surface area contributed by atoms with Gasteiger partial charge in [-0.25, -0.2) is 0 Å². The number of hydrogen-bond donors (Lipinski definition) is 0. The summed E-state index contributed by atoms with van der Waals surface area (Å²) in [7, 11) is -2.19. The van der Waals surface area contributed by atoms with Gasteiger partial charge in [-0.2, -0.15) is 26.3 Å². The maximum Gasteiger partial charge on any atom is 0.416 e. The number of benzene rings is 2. The predicted octanol–water partition coefficient (Wildman–Crippen LogP) is 4.69. The van der Waals surface area contributed by atoms with Gasteiger partial charge in [0.1, 0.15) is 8.07 Å². The lowest BCUT2D eigenvalue weighted by Crippen LogP contribution is -2.62. The summed E-state index contributed by atoms with van der Waals surface area (Å²) < 4.78 is 76.2. The molecule has 0 aromatic heterocycles. The Balaban J connectivity index is 1.95.